The van der Waals surface area contributed by atoms with Gasteiger partial charge in [-0.1, -0.05) is 0 Å². The van der Waals surface area contributed by atoms with Crippen LogP contribution in [-0.2, 0) is 0 Å². The summed E-state index contributed by atoms with van der Waals surface area (Å²) in [4.78, 5) is 5.76. The molecule has 0 radical (unpaired) electrons. The summed E-state index contributed by atoms with van der Waals surface area (Å²) in [5.41, 5.74) is 0. The van der Waals surface area contributed by atoms with Crippen LogP contribution in [0.3, 0.4) is 0 Å². The van der Waals surface area contributed by atoms with Gasteiger partial charge in [0.25, 0.3) is 0 Å². The van der Waals surface area contributed by atoms with E-state index in [4.69, 9.17) is 0 Å². The molecule has 1 N–H and O–H groups in total. The third-order valence-corrected chi connectivity index (χ3v) is 3.51. The number of rotatable bonds is 4. The van der Waals surface area contributed by atoms with Crippen molar-refractivity contribution >= 4 is 5.82 Å². The number of piperidine rings is 1. The lowest BCUT2D eigenvalue weighted by molar-refractivity contribution is 0.374. The molecule has 100 valence electrons. The van der Waals surface area contributed by atoms with E-state index in [0.29, 0.717) is 5.92 Å². The van der Waals surface area contributed by atoms with Crippen molar-refractivity contribution in [2.24, 2.45) is 5.92 Å². The lowest BCUT2D eigenvalue weighted by Gasteiger charge is -2.32. The third kappa shape index (κ3) is 3.16. The van der Waals surface area contributed by atoms with Crippen molar-refractivity contribution in [1.29, 1.82) is 0 Å². The number of pyridine rings is 1. The first kappa shape index (κ1) is 13.2. The van der Waals surface area contributed by atoms with E-state index in [2.05, 4.69) is 10.3 Å². The first-order valence-corrected chi connectivity index (χ1v) is 6.41. The largest absolute Gasteiger partial charge is 0.354 e. The Kier molecular flexibility index (Phi) is 4.47. The molecule has 3 nitrogen and oxygen atoms in total. The zero-order valence-corrected chi connectivity index (χ0v) is 10.6. The molecular formula is C13H19F2N3. The molecule has 2 heterocycles. The van der Waals surface area contributed by atoms with Crippen LogP contribution in [0.25, 0.3) is 0 Å². The van der Waals surface area contributed by atoms with Gasteiger partial charge in [0.2, 0.25) is 0 Å². The summed E-state index contributed by atoms with van der Waals surface area (Å²) in [5.74, 6) is -0.218. The predicted octanol–water partition coefficient (Wildman–Crippen LogP) is 2.19. The normalized spacial score (nSPS) is 17.2. The van der Waals surface area contributed by atoms with Crippen LogP contribution in [0.2, 0.25) is 0 Å². The molecule has 1 fully saturated rings. The van der Waals surface area contributed by atoms with Crippen LogP contribution >= 0.6 is 0 Å². The second kappa shape index (κ2) is 6.09. The fraction of sp³-hybridized carbons (Fsp3) is 0.615. The summed E-state index contributed by atoms with van der Waals surface area (Å²) in [7, 11) is 1.95. The van der Waals surface area contributed by atoms with Crippen molar-refractivity contribution in [2.75, 3.05) is 31.6 Å². The van der Waals surface area contributed by atoms with E-state index in [0.717, 1.165) is 51.2 Å². The lowest BCUT2D eigenvalue weighted by Crippen LogP contribution is -2.35. The predicted molar refractivity (Wildman–Crippen MR) is 67.6 cm³/mol. The molecule has 1 aromatic heterocycles. The van der Waals surface area contributed by atoms with Gasteiger partial charge >= 0.3 is 0 Å². The van der Waals surface area contributed by atoms with Gasteiger partial charge < -0.3 is 10.2 Å². The molecular weight excluding hydrogens is 236 g/mol. The Morgan fingerprint density at radius 2 is 2.11 bits per heavy atom. The number of aromatic nitrogens is 1. The van der Waals surface area contributed by atoms with Crippen molar-refractivity contribution in [2.45, 2.75) is 19.3 Å². The summed E-state index contributed by atoms with van der Waals surface area (Å²) in [6.45, 7) is 2.61. The van der Waals surface area contributed by atoms with E-state index >= 15 is 0 Å². The molecule has 1 saturated heterocycles. The molecule has 0 bridgehead atoms. The van der Waals surface area contributed by atoms with Gasteiger partial charge in [0, 0.05) is 19.2 Å². The maximum absolute atomic E-state index is 13.6. The minimum atomic E-state index is -0.625. The smallest absolute Gasteiger partial charge is 0.168 e. The van der Waals surface area contributed by atoms with Crippen LogP contribution in [0.15, 0.2) is 12.3 Å². The quantitative estimate of drug-likeness (QED) is 0.894. The molecule has 0 aromatic carbocycles. The molecule has 0 unspecified atom stereocenters. The Morgan fingerprint density at radius 3 is 2.72 bits per heavy atom. The van der Waals surface area contributed by atoms with Crippen molar-refractivity contribution < 1.29 is 8.78 Å². The number of nitrogens with zero attached hydrogens (tertiary/aromatic N) is 2. The van der Waals surface area contributed by atoms with E-state index < -0.39 is 11.6 Å². The summed E-state index contributed by atoms with van der Waals surface area (Å²) in [5, 5.41) is 3.15. The Balaban J connectivity index is 1.93. The van der Waals surface area contributed by atoms with E-state index in [1.54, 1.807) is 0 Å². The van der Waals surface area contributed by atoms with Gasteiger partial charge in [0.1, 0.15) is 5.82 Å². The van der Waals surface area contributed by atoms with Gasteiger partial charge in [-0.05, 0) is 38.8 Å². The highest BCUT2D eigenvalue weighted by Crippen LogP contribution is 2.25. The fourth-order valence-electron chi connectivity index (χ4n) is 2.42. The van der Waals surface area contributed by atoms with Crippen LogP contribution in [0, 0.1) is 17.6 Å². The SMILES string of the molecule is CNCCC1CCN(c2ncc(F)cc2F)CC1. The maximum Gasteiger partial charge on any atom is 0.168 e. The summed E-state index contributed by atoms with van der Waals surface area (Å²) >= 11 is 0. The minimum absolute atomic E-state index is 0.281. The second-order valence-electron chi connectivity index (χ2n) is 4.78. The van der Waals surface area contributed by atoms with Gasteiger partial charge in [-0.25, -0.2) is 13.8 Å². The van der Waals surface area contributed by atoms with Crippen molar-refractivity contribution in [3.63, 3.8) is 0 Å². The first-order valence-electron chi connectivity index (χ1n) is 6.41. The molecule has 5 heteroatoms. The highest BCUT2D eigenvalue weighted by Gasteiger charge is 2.21. The summed E-state index contributed by atoms with van der Waals surface area (Å²) in [6, 6.07) is 0.898. The Morgan fingerprint density at radius 1 is 1.39 bits per heavy atom. The molecule has 2 rings (SSSR count). The van der Waals surface area contributed by atoms with Crippen LogP contribution in [0.1, 0.15) is 19.3 Å². The topological polar surface area (TPSA) is 28.2 Å². The van der Waals surface area contributed by atoms with Crippen LogP contribution in [-0.4, -0.2) is 31.7 Å². The molecule has 0 aliphatic carbocycles. The van der Waals surface area contributed by atoms with E-state index in [1.165, 1.54) is 0 Å². The average Bonchev–Trinajstić information content (AvgIpc) is 2.37. The van der Waals surface area contributed by atoms with E-state index in [1.807, 2.05) is 11.9 Å². The summed E-state index contributed by atoms with van der Waals surface area (Å²) < 4.78 is 26.4. The second-order valence-corrected chi connectivity index (χ2v) is 4.78. The van der Waals surface area contributed by atoms with Gasteiger partial charge in [-0.3, -0.25) is 0 Å². The first-order chi connectivity index (χ1) is 8.70. The Labute approximate surface area is 106 Å². The van der Waals surface area contributed by atoms with Crippen LogP contribution in [0.5, 0.6) is 0 Å². The molecule has 0 amide bonds. The highest BCUT2D eigenvalue weighted by molar-refractivity contribution is 5.40. The van der Waals surface area contributed by atoms with Crippen LogP contribution < -0.4 is 10.2 Å². The van der Waals surface area contributed by atoms with Crippen molar-refractivity contribution in [1.82, 2.24) is 10.3 Å². The number of hydrogen-bond acceptors (Lipinski definition) is 3. The lowest BCUT2D eigenvalue weighted by atomic mass is 9.93. The fourth-order valence-corrected chi connectivity index (χ4v) is 2.42. The molecule has 1 aliphatic heterocycles. The summed E-state index contributed by atoms with van der Waals surface area (Å²) in [6.07, 6.45) is 4.32. The molecule has 0 saturated carbocycles. The van der Waals surface area contributed by atoms with Crippen molar-refractivity contribution in [3.8, 4) is 0 Å². The zero-order chi connectivity index (χ0) is 13.0. The van der Waals surface area contributed by atoms with E-state index in [9.17, 15) is 8.78 Å². The monoisotopic (exact) mass is 255 g/mol. The van der Waals surface area contributed by atoms with Gasteiger partial charge in [-0.2, -0.15) is 0 Å². The molecule has 0 atom stereocenters. The number of anilines is 1. The minimum Gasteiger partial charge on any atom is -0.354 e. The molecule has 18 heavy (non-hydrogen) atoms. The molecule has 1 aliphatic rings. The third-order valence-electron chi connectivity index (χ3n) is 3.51. The van der Waals surface area contributed by atoms with Gasteiger partial charge in [0.15, 0.2) is 11.6 Å². The number of hydrogen-bond donors (Lipinski definition) is 1. The number of halogens is 2. The highest BCUT2D eigenvalue weighted by atomic mass is 19.1. The molecule has 0 spiro atoms. The standard InChI is InChI=1S/C13H19F2N3/c1-16-5-2-10-3-6-18(7-4-10)13-12(15)8-11(14)9-17-13/h8-10,16H,2-7H2,1H3. The number of nitrogens with one attached hydrogen (secondary N) is 1. The molecule has 1 aromatic rings. The maximum atomic E-state index is 13.6. The van der Waals surface area contributed by atoms with Gasteiger partial charge in [-0.15, -0.1) is 0 Å². The van der Waals surface area contributed by atoms with Crippen LogP contribution in [0.4, 0.5) is 14.6 Å². The van der Waals surface area contributed by atoms with E-state index in [-0.39, 0.29) is 5.82 Å². The van der Waals surface area contributed by atoms with Gasteiger partial charge in [0.05, 0.1) is 6.20 Å². The Bertz CT molecular complexity index is 390. The Hall–Kier alpha value is -1.23. The zero-order valence-electron chi connectivity index (χ0n) is 10.6. The average molecular weight is 255 g/mol. The van der Waals surface area contributed by atoms with Crippen molar-refractivity contribution in [3.05, 3.63) is 23.9 Å².